The Morgan fingerprint density at radius 3 is 1.75 bits per heavy atom. The Balaban J connectivity index is 1.31. The molecule has 4 nitrogen and oxygen atoms in total. The van der Waals surface area contributed by atoms with E-state index in [9.17, 15) is 9.59 Å². The molecule has 0 fully saturated rings. The lowest BCUT2D eigenvalue weighted by molar-refractivity contribution is 0.0993. The van der Waals surface area contributed by atoms with Gasteiger partial charge < -0.3 is 10.6 Å². The summed E-state index contributed by atoms with van der Waals surface area (Å²) in [6.45, 7) is 0. The molecular formula is C27H22N2O2S. The molecule has 0 aromatic heterocycles. The third-order valence-electron chi connectivity index (χ3n) is 4.76. The predicted octanol–water partition coefficient (Wildman–Crippen LogP) is 6.91. The highest BCUT2D eigenvalue weighted by molar-refractivity contribution is 7.99. The number of carbonyl (C=O) groups is 2. The summed E-state index contributed by atoms with van der Waals surface area (Å²) in [6, 6.07) is 34.1. The van der Waals surface area contributed by atoms with E-state index in [0.29, 0.717) is 17.7 Å². The molecule has 2 amide bonds. The highest BCUT2D eigenvalue weighted by atomic mass is 32.2. The number of nitrogens with one attached hydrogen (secondary N) is 2. The molecule has 0 spiro atoms. The number of hydrogen-bond donors (Lipinski definition) is 2. The highest BCUT2D eigenvalue weighted by Gasteiger charge is 2.09. The number of anilines is 2. The molecule has 4 rings (SSSR count). The van der Waals surface area contributed by atoms with Gasteiger partial charge >= 0.3 is 6.03 Å². The van der Waals surface area contributed by atoms with Crippen LogP contribution in [0.3, 0.4) is 0 Å². The molecule has 0 aliphatic heterocycles. The van der Waals surface area contributed by atoms with Crippen LogP contribution in [0, 0.1) is 0 Å². The van der Waals surface area contributed by atoms with E-state index in [1.54, 1.807) is 23.9 Å². The lowest BCUT2D eigenvalue weighted by atomic mass is 10.0. The van der Waals surface area contributed by atoms with Crippen molar-refractivity contribution in [2.45, 2.75) is 16.2 Å². The number of amides is 2. The number of urea groups is 1. The lowest BCUT2D eigenvalue weighted by Gasteiger charge is -2.08. The Morgan fingerprint density at radius 2 is 1.12 bits per heavy atom. The molecule has 0 bridgehead atoms. The molecule has 32 heavy (non-hydrogen) atoms. The number of hydrogen-bond acceptors (Lipinski definition) is 3. The van der Waals surface area contributed by atoms with Crippen LogP contribution in [0.5, 0.6) is 0 Å². The fourth-order valence-corrected chi connectivity index (χ4v) is 3.98. The van der Waals surface area contributed by atoms with E-state index in [2.05, 4.69) is 22.8 Å². The minimum Gasteiger partial charge on any atom is -0.308 e. The van der Waals surface area contributed by atoms with Crippen molar-refractivity contribution < 1.29 is 9.59 Å². The zero-order valence-electron chi connectivity index (χ0n) is 17.3. The van der Waals surface area contributed by atoms with E-state index in [1.165, 1.54) is 0 Å². The SMILES string of the molecule is O=C(Nc1ccccc1)Nc1ccc(CC(=O)c2ccc(Sc3ccccc3)cc2)cc1. The van der Waals surface area contributed by atoms with Gasteiger partial charge in [0.1, 0.15) is 0 Å². The minimum atomic E-state index is -0.312. The van der Waals surface area contributed by atoms with Crippen LogP contribution >= 0.6 is 11.8 Å². The van der Waals surface area contributed by atoms with E-state index in [-0.39, 0.29) is 11.8 Å². The van der Waals surface area contributed by atoms with E-state index in [0.717, 1.165) is 21.0 Å². The van der Waals surface area contributed by atoms with Crippen molar-refractivity contribution >= 4 is 35.0 Å². The first-order chi connectivity index (χ1) is 15.7. The number of carbonyl (C=O) groups excluding carboxylic acids is 2. The number of benzene rings is 4. The van der Waals surface area contributed by atoms with E-state index >= 15 is 0 Å². The largest absolute Gasteiger partial charge is 0.323 e. The van der Waals surface area contributed by atoms with Crippen molar-refractivity contribution in [3.05, 3.63) is 120 Å². The fraction of sp³-hybridized carbons (Fsp3) is 0.0370. The van der Waals surface area contributed by atoms with Crippen LogP contribution in [0.1, 0.15) is 15.9 Å². The first-order valence-electron chi connectivity index (χ1n) is 10.2. The standard InChI is InChI=1S/C27H22N2O2S/c30-26(21-13-17-25(18-14-21)32-24-9-5-2-6-10-24)19-20-11-15-23(16-12-20)29-27(31)28-22-7-3-1-4-8-22/h1-18H,19H2,(H2,28,29,31). The summed E-state index contributed by atoms with van der Waals surface area (Å²) >= 11 is 1.67. The average molecular weight is 439 g/mol. The van der Waals surface area contributed by atoms with Crippen LogP contribution in [0.15, 0.2) is 119 Å². The molecule has 0 saturated carbocycles. The van der Waals surface area contributed by atoms with Gasteiger partial charge in [-0.25, -0.2) is 4.79 Å². The molecule has 0 heterocycles. The summed E-state index contributed by atoms with van der Waals surface area (Å²) < 4.78 is 0. The van der Waals surface area contributed by atoms with Gasteiger partial charge in [-0.3, -0.25) is 4.79 Å². The van der Waals surface area contributed by atoms with Crippen LogP contribution in [-0.4, -0.2) is 11.8 Å². The van der Waals surface area contributed by atoms with Gasteiger partial charge in [-0.05, 0) is 54.1 Å². The molecule has 4 aromatic carbocycles. The fourth-order valence-electron chi connectivity index (χ4n) is 3.14. The molecule has 158 valence electrons. The van der Waals surface area contributed by atoms with Crippen molar-refractivity contribution in [2.75, 3.05) is 10.6 Å². The van der Waals surface area contributed by atoms with Crippen LogP contribution < -0.4 is 10.6 Å². The van der Waals surface area contributed by atoms with Crippen molar-refractivity contribution in [3.63, 3.8) is 0 Å². The van der Waals surface area contributed by atoms with Gasteiger partial charge in [0.25, 0.3) is 0 Å². The van der Waals surface area contributed by atoms with Gasteiger partial charge in [-0.2, -0.15) is 0 Å². The second-order valence-electron chi connectivity index (χ2n) is 7.18. The normalized spacial score (nSPS) is 10.4. The molecule has 0 saturated heterocycles. The Labute approximate surface area is 191 Å². The van der Waals surface area contributed by atoms with Crippen molar-refractivity contribution in [1.29, 1.82) is 0 Å². The van der Waals surface area contributed by atoms with Crippen molar-refractivity contribution in [1.82, 2.24) is 0 Å². The number of Topliss-reactive ketones (excluding diaryl/α,β-unsaturated/α-hetero) is 1. The third kappa shape index (κ3) is 6.09. The number of ketones is 1. The predicted molar refractivity (Wildman–Crippen MR) is 131 cm³/mol. The lowest BCUT2D eigenvalue weighted by Crippen LogP contribution is -2.19. The molecular weight excluding hydrogens is 416 g/mol. The van der Waals surface area contributed by atoms with Crippen LogP contribution in [0.2, 0.25) is 0 Å². The Morgan fingerprint density at radius 1 is 0.594 bits per heavy atom. The van der Waals surface area contributed by atoms with Crippen LogP contribution in [0.4, 0.5) is 16.2 Å². The summed E-state index contributed by atoms with van der Waals surface area (Å²) in [5.41, 5.74) is 2.97. The van der Waals surface area contributed by atoms with Crippen LogP contribution in [0.25, 0.3) is 0 Å². The van der Waals surface area contributed by atoms with Gasteiger partial charge in [0, 0.05) is 33.2 Å². The Kier molecular flexibility index (Phi) is 7.00. The maximum absolute atomic E-state index is 12.7. The Bertz CT molecular complexity index is 1180. The zero-order chi connectivity index (χ0) is 22.2. The summed E-state index contributed by atoms with van der Waals surface area (Å²) in [6.07, 6.45) is 0.307. The molecule has 5 heteroatoms. The Hall–Kier alpha value is -3.83. The highest BCUT2D eigenvalue weighted by Crippen LogP contribution is 2.27. The summed E-state index contributed by atoms with van der Waals surface area (Å²) in [5, 5.41) is 5.56. The third-order valence-corrected chi connectivity index (χ3v) is 5.78. The topological polar surface area (TPSA) is 58.2 Å². The van der Waals surface area contributed by atoms with Crippen LogP contribution in [-0.2, 0) is 6.42 Å². The maximum atomic E-state index is 12.7. The van der Waals surface area contributed by atoms with Crippen molar-refractivity contribution in [2.24, 2.45) is 0 Å². The van der Waals surface area contributed by atoms with Gasteiger partial charge in [0.2, 0.25) is 0 Å². The molecule has 2 N–H and O–H groups in total. The quantitative estimate of drug-likeness (QED) is 0.308. The van der Waals surface area contributed by atoms with E-state index in [4.69, 9.17) is 0 Å². The minimum absolute atomic E-state index is 0.0591. The maximum Gasteiger partial charge on any atom is 0.323 e. The smallest absolute Gasteiger partial charge is 0.308 e. The van der Waals surface area contributed by atoms with Gasteiger partial charge in [0.05, 0.1) is 0 Å². The van der Waals surface area contributed by atoms with Crippen molar-refractivity contribution in [3.8, 4) is 0 Å². The summed E-state index contributed by atoms with van der Waals surface area (Å²) in [4.78, 5) is 27.0. The van der Waals surface area contributed by atoms with E-state index in [1.807, 2.05) is 84.9 Å². The van der Waals surface area contributed by atoms with Gasteiger partial charge in [-0.1, -0.05) is 72.4 Å². The molecule has 0 radical (unpaired) electrons. The molecule has 0 atom stereocenters. The molecule has 0 unspecified atom stereocenters. The van der Waals surface area contributed by atoms with Gasteiger partial charge in [0.15, 0.2) is 5.78 Å². The zero-order valence-corrected chi connectivity index (χ0v) is 18.1. The second kappa shape index (κ2) is 10.5. The first-order valence-corrected chi connectivity index (χ1v) is 11.1. The first kappa shape index (κ1) is 21.4. The summed E-state index contributed by atoms with van der Waals surface area (Å²) in [5.74, 6) is 0.0591. The molecule has 0 aliphatic rings. The average Bonchev–Trinajstić information content (AvgIpc) is 2.82. The monoisotopic (exact) mass is 438 g/mol. The summed E-state index contributed by atoms with van der Waals surface area (Å²) in [7, 11) is 0. The second-order valence-corrected chi connectivity index (χ2v) is 8.33. The molecule has 4 aromatic rings. The van der Waals surface area contributed by atoms with Gasteiger partial charge in [-0.15, -0.1) is 0 Å². The molecule has 0 aliphatic carbocycles. The number of rotatable bonds is 7. The van der Waals surface area contributed by atoms with E-state index < -0.39 is 0 Å². The number of para-hydroxylation sites is 1.